The lowest BCUT2D eigenvalue weighted by Gasteiger charge is -2.27. The molecule has 0 saturated carbocycles. The zero-order valence-corrected chi connectivity index (χ0v) is 11.5. The normalized spacial score (nSPS) is 17.8. The molecular weight excluding hydrogens is 275 g/mol. The first-order valence-corrected chi connectivity index (χ1v) is 6.88. The molecule has 0 radical (unpaired) electrons. The van der Waals surface area contributed by atoms with Crippen molar-refractivity contribution in [3.05, 3.63) is 35.9 Å². The Hall–Kier alpha value is -1.83. The van der Waals surface area contributed by atoms with E-state index in [1.807, 2.05) is 0 Å². The third-order valence-electron chi connectivity index (χ3n) is 3.44. The van der Waals surface area contributed by atoms with Crippen molar-refractivity contribution in [2.75, 3.05) is 32.8 Å². The third kappa shape index (κ3) is 3.26. The molecule has 1 aromatic carbocycles. The van der Waals surface area contributed by atoms with Gasteiger partial charge in [0, 0.05) is 19.6 Å². The van der Waals surface area contributed by atoms with Crippen LogP contribution in [0.2, 0.25) is 0 Å². The molecule has 1 aliphatic rings. The number of nitrogens with two attached hydrogens (primary N) is 1. The van der Waals surface area contributed by atoms with Crippen LogP contribution in [0.4, 0.5) is 4.39 Å². The van der Waals surface area contributed by atoms with Gasteiger partial charge in [0.25, 0.3) is 5.89 Å². The van der Waals surface area contributed by atoms with Crippen molar-refractivity contribution >= 4 is 0 Å². The summed E-state index contributed by atoms with van der Waals surface area (Å²) >= 11 is 0. The van der Waals surface area contributed by atoms with Crippen LogP contribution in [0, 0.1) is 5.82 Å². The van der Waals surface area contributed by atoms with Gasteiger partial charge in [-0.3, -0.25) is 4.90 Å². The number of rotatable bonds is 4. The van der Waals surface area contributed by atoms with Crippen molar-refractivity contribution in [1.82, 2.24) is 15.0 Å². The summed E-state index contributed by atoms with van der Waals surface area (Å²) in [6.07, 6.45) is 0. The Morgan fingerprint density at radius 2 is 2.05 bits per heavy atom. The van der Waals surface area contributed by atoms with Crippen LogP contribution in [-0.4, -0.2) is 47.9 Å². The molecular formula is C14H17FN4O2. The van der Waals surface area contributed by atoms with Gasteiger partial charge in [-0.2, -0.15) is 4.98 Å². The molecule has 2 N–H and O–H groups in total. The Kier molecular flexibility index (Phi) is 4.23. The molecule has 7 heteroatoms. The molecule has 0 bridgehead atoms. The van der Waals surface area contributed by atoms with Crippen LogP contribution in [0.3, 0.4) is 0 Å². The first kappa shape index (κ1) is 14.1. The van der Waals surface area contributed by atoms with Gasteiger partial charge >= 0.3 is 0 Å². The topological polar surface area (TPSA) is 77.4 Å². The molecule has 1 aromatic heterocycles. The van der Waals surface area contributed by atoms with Gasteiger partial charge in [-0.25, -0.2) is 4.39 Å². The minimum Gasteiger partial charge on any atom is -0.379 e. The fourth-order valence-corrected chi connectivity index (χ4v) is 2.27. The number of hydrogen-bond acceptors (Lipinski definition) is 6. The third-order valence-corrected chi connectivity index (χ3v) is 3.44. The minimum atomic E-state index is -0.394. The summed E-state index contributed by atoms with van der Waals surface area (Å²) in [6.45, 7) is 3.72. The summed E-state index contributed by atoms with van der Waals surface area (Å²) in [7, 11) is 0. The summed E-state index contributed by atoms with van der Waals surface area (Å²) in [5, 5.41) is 3.86. The van der Waals surface area contributed by atoms with Crippen molar-refractivity contribution in [3.63, 3.8) is 0 Å². The zero-order valence-electron chi connectivity index (χ0n) is 11.5. The number of morpholine rings is 1. The molecule has 0 aliphatic carbocycles. The Bertz CT molecular complexity index is 598. The quantitative estimate of drug-likeness (QED) is 0.912. The number of aromatic nitrogens is 2. The van der Waals surface area contributed by atoms with Gasteiger partial charge in [0.2, 0.25) is 0 Å². The number of nitrogens with zero attached hydrogens (tertiary/aromatic N) is 3. The van der Waals surface area contributed by atoms with E-state index in [0.29, 0.717) is 25.6 Å². The van der Waals surface area contributed by atoms with Gasteiger partial charge in [0.05, 0.1) is 24.8 Å². The molecule has 1 saturated heterocycles. The number of benzene rings is 1. The molecule has 1 fully saturated rings. The Balaban J connectivity index is 1.71. The molecule has 0 amide bonds. The molecule has 6 nitrogen and oxygen atoms in total. The lowest BCUT2D eigenvalue weighted by molar-refractivity contribution is 0.0348. The molecule has 1 aliphatic heterocycles. The van der Waals surface area contributed by atoms with E-state index in [1.54, 1.807) is 18.2 Å². The van der Waals surface area contributed by atoms with Crippen LogP contribution >= 0.6 is 0 Å². The van der Waals surface area contributed by atoms with Crippen LogP contribution in [0.25, 0.3) is 11.5 Å². The van der Waals surface area contributed by atoms with Crippen molar-refractivity contribution < 1.29 is 13.7 Å². The maximum atomic E-state index is 13.7. The first-order valence-electron chi connectivity index (χ1n) is 6.88. The summed E-state index contributed by atoms with van der Waals surface area (Å²) in [4.78, 5) is 6.39. The average molecular weight is 292 g/mol. The molecule has 2 heterocycles. The molecule has 1 unspecified atom stereocenters. The zero-order chi connectivity index (χ0) is 14.7. The lowest BCUT2D eigenvalue weighted by atomic mass is 10.2. The summed E-state index contributed by atoms with van der Waals surface area (Å²) < 4.78 is 24.1. The Morgan fingerprint density at radius 1 is 1.29 bits per heavy atom. The fourth-order valence-electron chi connectivity index (χ4n) is 2.27. The molecule has 3 rings (SSSR count). The van der Waals surface area contributed by atoms with Crippen molar-refractivity contribution in [1.29, 1.82) is 0 Å². The predicted molar refractivity (Wildman–Crippen MR) is 73.9 cm³/mol. The van der Waals surface area contributed by atoms with Crippen molar-refractivity contribution in [3.8, 4) is 11.5 Å². The number of hydrogen-bond donors (Lipinski definition) is 1. The molecule has 2 aromatic rings. The second kappa shape index (κ2) is 6.30. The first-order chi connectivity index (χ1) is 10.2. The van der Waals surface area contributed by atoms with E-state index in [0.717, 1.165) is 13.1 Å². The summed E-state index contributed by atoms with van der Waals surface area (Å²) in [5.74, 6) is 0.148. The summed E-state index contributed by atoms with van der Waals surface area (Å²) in [5.41, 5.74) is 6.38. The van der Waals surface area contributed by atoms with E-state index < -0.39 is 5.82 Å². The highest BCUT2D eigenvalue weighted by Crippen LogP contribution is 2.21. The van der Waals surface area contributed by atoms with Crippen LogP contribution in [-0.2, 0) is 4.74 Å². The maximum absolute atomic E-state index is 13.7. The largest absolute Gasteiger partial charge is 0.379 e. The lowest BCUT2D eigenvalue weighted by Crippen LogP contribution is -2.40. The van der Waals surface area contributed by atoms with Crippen LogP contribution in [0.15, 0.2) is 28.8 Å². The van der Waals surface area contributed by atoms with Gasteiger partial charge in [-0.15, -0.1) is 0 Å². The minimum absolute atomic E-state index is 0.153. The molecule has 0 spiro atoms. The summed E-state index contributed by atoms with van der Waals surface area (Å²) in [6, 6.07) is 5.91. The monoisotopic (exact) mass is 292 g/mol. The highest BCUT2D eigenvalue weighted by atomic mass is 19.1. The predicted octanol–water partition coefficient (Wildman–Crippen LogP) is 1.21. The van der Waals surface area contributed by atoms with Crippen LogP contribution < -0.4 is 5.73 Å². The smallest absolute Gasteiger partial charge is 0.260 e. The Morgan fingerprint density at radius 3 is 2.81 bits per heavy atom. The van der Waals surface area contributed by atoms with E-state index >= 15 is 0 Å². The molecule has 1 atom stereocenters. The highest BCUT2D eigenvalue weighted by Gasteiger charge is 2.20. The maximum Gasteiger partial charge on any atom is 0.260 e. The second-order valence-electron chi connectivity index (χ2n) is 4.96. The SMILES string of the molecule is NC(CN1CCOCC1)c1noc(-c2ccccc2F)n1. The average Bonchev–Trinajstić information content (AvgIpc) is 2.98. The van der Waals surface area contributed by atoms with E-state index in [1.165, 1.54) is 6.07 Å². The standard InChI is InChI=1S/C14H17FN4O2/c15-11-4-2-1-3-10(11)14-17-13(18-21-14)12(16)9-19-5-7-20-8-6-19/h1-4,12H,5-9,16H2. The van der Waals surface area contributed by atoms with Crippen molar-refractivity contribution in [2.45, 2.75) is 6.04 Å². The highest BCUT2D eigenvalue weighted by molar-refractivity contribution is 5.53. The Labute approximate surface area is 121 Å². The molecule has 112 valence electrons. The van der Waals surface area contributed by atoms with Gasteiger partial charge in [-0.05, 0) is 12.1 Å². The van der Waals surface area contributed by atoms with E-state index in [2.05, 4.69) is 15.0 Å². The second-order valence-corrected chi connectivity index (χ2v) is 4.96. The van der Waals surface area contributed by atoms with Gasteiger partial charge in [0.15, 0.2) is 5.82 Å². The van der Waals surface area contributed by atoms with Crippen LogP contribution in [0.5, 0.6) is 0 Å². The number of halogens is 1. The van der Waals surface area contributed by atoms with Gasteiger partial charge in [0.1, 0.15) is 5.82 Å². The van der Waals surface area contributed by atoms with E-state index in [9.17, 15) is 4.39 Å². The van der Waals surface area contributed by atoms with E-state index in [4.69, 9.17) is 15.0 Å². The molecule has 21 heavy (non-hydrogen) atoms. The van der Waals surface area contributed by atoms with Gasteiger partial charge < -0.3 is 15.0 Å². The van der Waals surface area contributed by atoms with Crippen molar-refractivity contribution in [2.24, 2.45) is 5.73 Å². The van der Waals surface area contributed by atoms with Gasteiger partial charge in [-0.1, -0.05) is 17.3 Å². The van der Waals surface area contributed by atoms with Crippen LogP contribution in [0.1, 0.15) is 11.9 Å². The van der Waals surface area contributed by atoms with E-state index in [-0.39, 0.29) is 17.5 Å². The number of ether oxygens (including phenoxy) is 1. The fraction of sp³-hybridized carbons (Fsp3) is 0.429.